The molecule has 0 radical (unpaired) electrons. The Morgan fingerprint density at radius 3 is 2.74 bits per heavy atom. The normalized spacial score (nSPS) is 22.4. The third-order valence-electron chi connectivity index (χ3n) is 3.62. The highest BCUT2D eigenvalue weighted by molar-refractivity contribution is 5.99. The second-order valence-electron chi connectivity index (χ2n) is 4.92. The van der Waals surface area contributed by atoms with E-state index in [1.54, 1.807) is 14.0 Å². The molecule has 104 valence electrons. The molecule has 2 atom stereocenters. The number of carboxylic acids is 1. The molecule has 1 fully saturated rings. The van der Waals surface area contributed by atoms with E-state index in [9.17, 15) is 9.59 Å². The molecule has 1 aromatic rings. The molecule has 7 heteroatoms. The van der Waals surface area contributed by atoms with Crippen molar-refractivity contribution in [1.82, 2.24) is 9.78 Å². The third-order valence-corrected chi connectivity index (χ3v) is 3.62. The van der Waals surface area contributed by atoms with Crippen molar-refractivity contribution in [3.05, 3.63) is 11.3 Å². The first-order chi connectivity index (χ1) is 8.91. The molecule has 1 aliphatic carbocycles. The van der Waals surface area contributed by atoms with Crippen molar-refractivity contribution in [2.45, 2.75) is 32.2 Å². The molecule has 2 rings (SSSR count). The zero-order valence-electron chi connectivity index (χ0n) is 11.0. The standard InChI is InChI=1S/C12H18N4O3/c1-6-9(10(13)17)11(16(2)15-6)14-8-5-3-4-7(8)12(18)19/h7-8,14H,3-5H2,1-2H3,(H2,13,17)(H,18,19). The predicted molar refractivity (Wildman–Crippen MR) is 68.9 cm³/mol. The summed E-state index contributed by atoms with van der Waals surface area (Å²) in [6.07, 6.45) is 2.27. The molecule has 2 unspecified atom stereocenters. The molecule has 0 bridgehead atoms. The lowest BCUT2D eigenvalue weighted by Crippen LogP contribution is -2.31. The quantitative estimate of drug-likeness (QED) is 0.734. The van der Waals surface area contributed by atoms with Gasteiger partial charge in [-0.2, -0.15) is 5.10 Å². The van der Waals surface area contributed by atoms with E-state index >= 15 is 0 Å². The van der Waals surface area contributed by atoms with E-state index in [2.05, 4.69) is 10.4 Å². The number of primary amides is 1. The number of aromatic nitrogens is 2. The van der Waals surface area contributed by atoms with E-state index in [0.717, 1.165) is 12.8 Å². The number of aliphatic carboxylic acids is 1. The number of nitrogens with one attached hydrogen (secondary N) is 1. The van der Waals surface area contributed by atoms with Crippen molar-refractivity contribution in [3.8, 4) is 0 Å². The lowest BCUT2D eigenvalue weighted by molar-refractivity contribution is -0.141. The van der Waals surface area contributed by atoms with Gasteiger partial charge in [-0.05, 0) is 19.8 Å². The molecule has 1 heterocycles. The molecule has 1 saturated carbocycles. The van der Waals surface area contributed by atoms with Crippen molar-refractivity contribution >= 4 is 17.7 Å². The zero-order valence-corrected chi connectivity index (χ0v) is 11.0. The lowest BCUT2D eigenvalue weighted by atomic mass is 10.0. The smallest absolute Gasteiger partial charge is 0.308 e. The first kappa shape index (κ1) is 13.4. The molecule has 0 spiro atoms. The minimum absolute atomic E-state index is 0.189. The van der Waals surface area contributed by atoms with Crippen LogP contribution in [0.25, 0.3) is 0 Å². The zero-order chi connectivity index (χ0) is 14.2. The molecule has 1 amide bonds. The summed E-state index contributed by atoms with van der Waals surface area (Å²) in [6.45, 7) is 1.70. The number of nitrogens with zero attached hydrogens (tertiary/aromatic N) is 2. The van der Waals surface area contributed by atoms with Gasteiger partial charge >= 0.3 is 5.97 Å². The summed E-state index contributed by atoms with van der Waals surface area (Å²) in [5.74, 6) is -1.30. The predicted octanol–water partition coefficient (Wildman–Crippen LogP) is 0.493. The Morgan fingerprint density at radius 2 is 2.16 bits per heavy atom. The molecule has 1 aliphatic rings. The van der Waals surface area contributed by atoms with Gasteiger partial charge in [-0.3, -0.25) is 14.3 Å². The summed E-state index contributed by atoms with van der Waals surface area (Å²) < 4.78 is 1.53. The number of hydrogen-bond donors (Lipinski definition) is 3. The van der Waals surface area contributed by atoms with Gasteiger partial charge in [-0.15, -0.1) is 0 Å². The summed E-state index contributed by atoms with van der Waals surface area (Å²) in [4.78, 5) is 22.6. The number of carbonyl (C=O) groups is 2. The largest absolute Gasteiger partial charge is 0.481 e. The van der Waals surface area contributed by atoms with Crippen molar-refractivity contribution in [3.63, 3.8) is 0 Å². The first-order valence-corrected chi connectivity index (χ1v) is 6.24. The van der Waals surface area contributed by atoms with Crippen LogP contribution in [0.15, 0.2) is 0 Å². The van der Waals surface area contributed by atoms with Gasteiger partial charge in [0, 0.05) is 13.1 Å². The van der Waals surface area contributed by atoms with Gasteiger partial charge in [0.15, 0.2) is 0 Å². The molecular weight excluding hydrogens is 248 g/mol. The topological polar surface area (TPSA) is 110 Å². The van der Waals surface area contributed by atoms with Crippen molar-refractivity contribution in [2.75, 3.05) is 5.32 Å². The number of hydrogen-bond acceptors (Lipinski definition) is 4. The Bertz CT molecular complexity index is 523. The van der Waals surface area contributed by atoms with E-state index < -0.39 is 17.8 Å². The monoisotopic (exact) mass is 266 g/mol. The third kappa shape index (κ3) is 2.40. The van der Waals surface area contributed by atoms with Crippen LogP contribution in [-0.4, -0.2) is 32.8 Å². The number of carboxylic acid groups (broad SMARTS) is 1. The molecule has 0 aromatic carbocycles. The summed E-state index contributed by atoms with van der Waals surface area (Å²) in [7, 11) is 1.70. The van der Waals surface area contributed by atoms with Crippen molar-refractivity contribution in [2.24, 2.45) is 18.7 Å². The fourth-order valence-electron chi connectivity index (χ4n) is 2.72. The number of nitrogens with two attached hydrogens (primary N) is 1. The summed E-state index contributed by atoms with van der Waals surface area (Å²) >= 11 is 0. The molecule has 0 saturated heterocycles. The molecular formula is C12H18N4O3. The van der Waals surface area contributed by atoms with Gasteiger partial charge in [-0.1, -0.05) is 6.42 Å². The van der Waals surface area contributed by atoms with Gasteiger partial charge in [0.25, 0.3) is 5.91 Å². The molecule has 0 aliphatic heterocycles. The molecule has 4 N–H and O–H groups in total. The summed E-state index contributed by atoms with van der Waals surface area (Å²) in [5.41, 5.74) is 6.22. The summed E-state index contributed by atoms with van der Waals surface area (Å²) in [5, 5.41) is 16.4. The Morgan fingerprint density at radius 1 is 1.47 bits per heavy atom. The fraction of sp³-hybridized carbons (Fsp3) is 0.583. The molecule has 7 nitrogen and oxygen atoms in total. The average molecular weight is 266 g/mol. The second-order valence-corrected chi connectivity index (χ2v) is 4.92. The van der Waals surface area contributed by atoms with E-state index in [1.165, 1.54) is 4.68 Å². The van der Waals surface area contributed by atoms with Crippen LogP contribution in [0.4, 0.5) is 5.82 Å². The molecule has 1 aromatic heterocycles. The first-order valence-electron chi connectivity index (χ1n) is 6.24. The maximum Gasteiger partial charge on any atom is 0.308 e. The van der Waals surface area contributed by atoms with Crippen LogP contribution in [-0.2, 0) is 11.8 Å². The highest BCUT2D eigenvalue weighted by Gasteiger charge is 2.34. The van der Waals surface area contributed by atoms with Gasteiger partial charge in [0.2, 0.25) is 0 Å². The Hall–Kier alpha value is -2.05. The van der Waals surface area contributed by atoms with Gasteiger partial charge in [0.1, 0.15) is 11.4 Å². The highest BCUT2D eigenvalue weighted by Crippen LogP contribution is 2.30. The minimum Gasteiger partial charge on any atom is -0.481 e. The number of carbonyl (C=O) groups excluding carboxylic acids is 1. The van der Waals surface area contributed by atoms with E-state index in [4.69, 9.17) is 10.8 Å². The van der Waals surface area contributed by atoms with Crippen LogP contribution in [0.3, 0.4) is 0 Å². The van der Waals surface area contributed by atoms with E-state index in [1.807, 2.05) is 0 Å². The number of rotatable bonds is 4. The Kier molecular flexibility index (Phi) is 3.46. The second kappa shape index (κ2) is 4.91. The van der Waals surface area contributed by atoms with Crippen LogP contribution in [0.2, 0.25) is 0 Å². The van der Waals surface area contributed by atoms with E-state index in [-0.39, 0.29) is 6.04 Å². The number of aryl methyl sites for hydroxylation is 2. The van der Waals surface area contributed by atoms with Crippen molar-refractivity contribution in [1.29, 1.82) is 0 Å². The van der Waals surface area contributed by atoms with Crippen LogP contribution in [0.1, 0.15) is 35.3 Å². The fourth-order valence-corrected chi connectivity index (χ4v) is 2.72. The van der Waals surface area contributed by atoms with Crippen molar-refractivity contribution < 1.29 is 14.7 Å². The molecule has 19 heavy (non-hydrogen) atoms. The average Bonchev–Trinajstić information content (AvgIpc) is 2.85. The van der Waals surface area contributed by atoms with Gasteiger partial charge < -0.3 is 16.2 Å². The van der Waals surface area contributed by atoms with Crippen LogP contribution in [0, 0.1) is 12.8 Å². The van der Waals surface area contributed by atoms with Gasteiger partial charge in [0.05, 0.1) is 11.6 Å². The maximum absolute atomic E-state index is 11.5. The summed E-state index contributed by atoms with van der Waals surface area (Å²) in [6, 6.07) is -0.189. The minimum atomic E-state index is -0.811. The lowest BCUT2D eigenvalue weighted by Gasteiger charge is -2.19. The maximum atomic E-state index is 11.5. The van der Waals surface area contributed by atoms with Gasteiger partial charge in [-0.25, -0.2) is 0 Å². The van der Waals surface area contributed by atoms with Crippen LogP contribution >= 0.6 is 0 Å². The number of anilines is 1. The Labute approximate surface area is 110 Å². The Balaban J connectivity index is 2.28. The van der Waals surface area contributed by atoms with E-state index in [0.29, 0.717) is 23.5 Å². The van der Waals surface area contributed by atoms with Crippen LogP contribution in [0.5, 0.6) is 0 Å². The SMILES string of the molecule is Cc1nn(C)c(NC2CCCC2C(=O)O)c1C(N)=O. The number of amides is 1. The van der Waals surface area contributed by atoms with Crippen LogP contribution < -0.4 is 11.1 Å². The highest BCUT2D eigenvalue weighted by atomic mass is 16.4.